The zero-order chi connectivity index (χ0) is 10.8. The van der Waals surface area contributed by atoms with Gasteiger partial charge in [-0.05, 0) is 7.05 Å². The normalized spacial score (nSPS) is 12.4. The van der Waals surface area contributed by atoms with E-state index in [0.29, 0.717) is 5.92 Å². The lowest BCUT2D eigenvalue weighted by Crippen LogP contribution is -2.31. The molecule has 0 aliphatic carbocycles. The van der Waals surface area contributed by atoms with Gasteiger partial charge in [0.1, 0.15) is 0 Å². The maximum atomic E-state index is 4.68. The standard InChI is InChI=1S/C11H20N2S/c1-8(2)10-13-9(6-14-10)11(3,4)7-12-5/h6,8,12H,7H2,1-5H3. The molecule has 14 heavy (non-hydrogen) atoms. The van der Waals surface area contributed by atoms with E-state index in [-0.39, 0.29) is 5.41 Å². The van der Waals surface area contributed by atoms with Crippen LogP contribution in [0.15, 0.2) is 5.38 Å². The molecule has 2 nitrogen and oxygen atoms in total. The molecular weight excluding hydrogens is 192 g/mol. The summed E-state index contributed by atoms with van der Waals surface area (Å²) < 4.78 is 0. The second-order valence-corrected chi connectivity index (χ2v) is 5.53. The van der Waals surface area contributed by atoms with Crippen molar-refractivity contribution >= 4 is 11.3 Å². The van der Waals surface area contributed by atoms with Gasteiger partial charge in [0.15, 0.2) is 0 Å². The highest BCUT2D eigenvalue weighted by molar-refractivity contribution is 7.09. The van der Waals surface area contributed by atoms with E-state index in [4.69, 9.17) is 0 Å². The topological polar surface area (TPSA) is 24.9 Å². The summed E-state index contributed by atoms with van der Waals surface area (Å²) in [7, 11) is 1.98. The van der Waals surface area contributed by atoms with Gasteiger partial charge in [-0.15, -0.1) is 11.3 Å². The number of thiazole rings is 1. The van der Waals surface area contributed by atoms with Gasteiger partial charge in [-0.2, -0.15) is 0 Å². The Bertz CT molecular complexity index is 289. The third-order valence-electron chi connectivity index (χ3n) is 2.33. The third-order valence-corrected chi connectivity index (χ3v) is 3.47. The summed E-state index contributed by atoms with van der Waals surface area (Å²) in [4.78, 5) is 4.68. The summed E-state index contributed by atoms with van der Waals surface area (Å²) in [6, 6.07) is 0. The van der Waals surface area contributed by atoms with Crippen LogP contribution in [0.4, 0.5) is 0 Å². The van der Waals surface area contributed by atoms with Crippen molar-refractivity contribution in [2.24, 2.45) is 0 Å². The fourth-order valence-corrected chi connectivity index (χ4v) is 2.42. The Balaban J connectivity index is 2.85. The van der Waals surface area contributed by atoms with Crippen molar-refractivity contribution in [3.63, 3.8) is 0 Å². The van der Waals surface area contributed by atoms with E-state index in [1.807, 2.05) is 7.05 Å². The summed E-state index contributed by atoms with van der Waals surface area (Å²) in [5, 5.41) is 6.64. The molecule has 0 aliphatic heterocycles. The van der Waals surface area contributed by atoms with Gasteiger partial charge in [0.2, 0.25) is 0 Å². The predicted octanol–water partition coefficient (Wildman–Crippen LogP) is 2.76. The summed E-state index contributed by atoms with van der Waals surface area (Å²) in [5.41, 5.74) is 1.35. The molecule has 1 aromatic rings. The first-order chi connectivity index (χ1) is 6.47. The summed E-state index contributed by atoms with van der Waals surface area (Å²) >= 11 is 1.77. The molecule has 0 fully saturated rings. The Morgan fingerprint density at radius 2 is 2.14 bits per heavy atom. The van der Waals surface area contributed by atoms with Crippen LogP contribution < -0.4 is 5.32 Å². The molecule has 3 heteroatoms. The van der Waals surface area contributed by atoms with Crippen molar-refractivity contribution in [3.8, 4) is 0 Å². The highest BCUT2D eigenvalue weighted by Crippen LogP contribution is 2.27. The van der Waals surface area contributed by atoms with E-state index >= 15 is 0 Å². The van der Waals surface area contributed by atoms with Crippen LogP contribution in [0.2, 0.25) is 0 Å². The first-order valence-electron chi connectivity index (χ1n) is 5.08. The molecule has 0 aromatic carbocycles. The quantitative estimate of drug-likeness (QED) is 0.830. The van der Waals surface area contributed by atoms with Gasteiger partial charge in [0.25, 0.3) is 0 Å². The van der Waals surface area contributed by atoms with Crippen LogP contribution in [0.3, 0.4) is 0 Å². The highest BCUT2D eigenvalue weighted by atomic mass is 32.1. The van der Waals surface area contributed by atoms with Gasteiger partial charge in [-0.3, -0.25) is 0 Å². The predicted molar refractivity (Wildman–Crippen MR) is 63.2 cm³/mol. The lowest BCUT2D eigenvalue weighted by atomic mass is 9.90. The van der Waals surface area contributed by atoms with E-state index < -0.39 is 0 Å². The zero-order valence-electron chi connectivity index (χ0n) is 9.72. The second-order valence-electron chi connectivity index (χ2n) is 4.64. The van der Waals surface area contributed by atoms with Gasteiger partial charge < -0.3 is 5.32 Å². The SMILES string of the molecule is CNCC(C)(C)c1csc(C(C)C)n1. The van der Waals surface area contributed by atoms with Crippen LogP contribution >= 0.6 is 11.3 Å². The van der Waals surface area contributed by atoms with Gasteiger partial charge in [-0.1, -0.05) is 27.7 Å². The fraction of sp³-hybridized carbons (Fsp3) is 0.727. The van der Waals surface area contributed by atoms with Crippen LogP contribution in [-0.2, 0) is 5.41 Å². The molecule has 0 unspecified atom stereocenters. The summed E-state index contributed by atoms with van der Waals surface area (Å²) in [6.45, 7) is 9.79. The van der Waals surface area contributed by atoms with Crippen molar-refractivity contribution in [1.82, 2.24) is 10.3 Å². The largest absolute Gasteiger partial charge is 0.319 e. The van der Waals surface area contributed by atoms with Crippen molar-refractivity contribution in [1.29, 1.82) is 0 Å². The molecule has 0 spiro atoms. The Hall–Kier alpha value is -0.410. The second kappa shape index (κ2) is 4.41. The molecule has 1 N–H and O–H groups in total. The minimum absolute atomic E-state index is 0.137. The van der Waals surface area contributed by atoms with Gasteiger partial charge >= 0.3 is 0 Å². The van der Waals surface area contributed by atoms with Crippen LogP contribution in [-0.4, -0.2) is 18.6 Å². The monoisotopic (exact) mass is 212 g/mol. The maximum Gasteiger partial charge on any atom is 0.0953 e. The molecule has 0 saturated heterocycles. The van der Waals surface area contributed by atoms with Crippen molar-refractivity contribution in [3.05, 3.63) is 16.1 Å². The average Bonchev–Trinajstić information content (AvgIpc) is 2.51. The first-order valence-corrected chi connectivity index (χ1v) is 5.96. The van der Waals surface area contributed by atoms with Gasteiger partial charge in [0, 0.05) is 23.3 Å². The van der Waals surface area contributed by atoms with Crippen LogP contribution in [0.5, 0.6) is 0 Å². The van der Waals surface area contributed by atoms with E-state index in [0.717, 1.165) is 6.54 Å². The molecule has 0 bridgehead atoms. The number of hydrogen-bond donors (Lipinski definition) is 1. The molecule has 0 amide bonds. The number of nitrogens with one attached hydrogen (secondary N) is 1. The molecule has 0 radical (unpaired) electrons. The third kappa shape index (κ3) is 2.55. The van der Waals surface area contributed by atoms with Crippen molar-refractivity contribution in [2.75, 3.05) is 13.6 Å². The van der Waals surface area contributed by atoms with E-state index in [1.54, 1.807) is 11.3 Å². The average molecular weight is 212 g/mol. The Morgan fingerprint density at radius 1 is 1.50 bits per heavy atom. The van der Waals surface area contributed by atoms with Crippen LogP contribution in [0, 0.1) is 0 Å². The fourth-order valence-electron chi connectivity index (χ4n) is 1.40. The van der Waals surface area contributed by atoms with Crippen LogP contribution in [0.25, 0.3) is 0 Å². The van der Waals surface area contributed by atoms with Crippen molar-refractivity contribution in [2.45, 2.75) is 39.0 Å². The van der Waals surface area contributed by atoms with Crippen LogP contribution in [0.1, 0.15) is 44.3 Å². The molecule has 80 valence electrons. The number of nitrogens with zero attached hydrogens (tertiary/aromatic N) is 1. The molecule has 0 saturated carbocycles. The summed E-state index contributed by atoms with van der Waals surface area (Å²) in [6.07, 6.45) is 0. The van der Waals surface area contributed by atoms with E-state index in [2.05, 4.69) is 43.4 Å². The van der Waals surface area contributed by atoms with E-state index in [1.165, 1.54) is 10.7 Å². The molecular formula is C11H20N2S. The number of hydrogen-bond acceptors (Lipinski definition) is 3. The Morgan fingerprint density at radius 3 is 2.57 bits per heavy atom. The zero-order valence-corrected chi connectivity index (χ0v) is 10.5. The minimum Gasteiger partial charge on any atom is -0.319 e. The highest BCUT2D eigenvalue weighted by Gasteiger charge is 2.23. The Labute approximate surface area is 90.8 Å². The molecule has 1 aromatic heterocycles. The summed E-state index contributed by atoms with van der Waals surface area (Å²) in [5.74, 6) is 0.541. The van der Waals surface area contributed by atoms with Gasteiger partial charge in [0.05, 0.1) is 10.7 Å². The number of aromatic nitrogens is 1. The molecule has 0 aliphatic rings. The smallest absolute Gasteiger partial charge is 0.0953 e. The molecule has 1 heterocycles. The van der Waals surface area contributed by atoms with E-state index in [9.17, 15) is 0 Å². The Kier molecular flexibility index (Phi) is 3.67. The maximum absolute atomic E-state index is 4.68. The lowest BCUT2D eigenvalue weighted by Gasteiger charge is -2.21. The molecule has 1 rings (SSSR count). The number of likely N-dealkylation sites (N-methyl/N-ethyl adjacent to an activating group) is 1. The van der Waals surface area contributed by atoms with Gasteiger partial charge in [-0.25, -0.2) is 4.98 Å². The first kappa shape index (κ1) is 11.7. The molecule has 0 atom stereocenters. The number of rotatable bonds is 4. The van der Waals surface area contributed by atoms with Crippen molar-refractivity contribution < 1.29 is 0 Å². The minimum atomic E-state index is 0.137. The lowest BCUT2D eigenvalue weighted by molar-refractivity contribution is 0.481.